The highest BCUT2D eigenvalue weighted by atomic mass is 16.5. The minimum Gasteiger partial charge on any atom is -0.391 e. The van der Waals surface area contributed by atoms with Gasteiger partial charge >= 0.3 is 0 Å². The maximum absolute atomic E-state index is 9.30. The van der Waals surface area contributed by atoms with Crippen LogP contribution in [0.3, 0.4) is 0 Å². The Morgan fingerprint density at radius 1 is 1.71 bits per heavy atom. The van der Waals surface area contributed by atoms with Crippen molar-refractivity contribution in [2.24, 2.45) is 10.7 Å². The zero-order chi connectivity index (χ0) is 10.4. The van der Waals surface area contributed by atoms with Crippen LogP contribution in [0.1, 0.15) is 19.3 Å². The molecule has 4 N–H and O–H groups in total. The smallest absolute Gasteiger partial charge is 0.188 e. The minimum absolute atomic E-state index is 0.353. The summed E-state index contributed by atoms with van der Waals surface area (Å²) >= 11 is 0. The maximum Gasteiger partial charge on any atom is 0.188 e. The van der Waals surface area contributed by atoms with Gasteiger partial charge in [-0.3, -0.25) is 4.99 Å². The summed E-state index contributed by atoms with van der Waals surface area (Å²) in [7, 11) is 1.56. The molecule has 82 valence electrons. The molecule has 5 nitrogen and oxygen atoms in total. The summed E-state index contributed by atoms with van der Waals surface area (Å²) in [4.78, 5) is 4.09. The van der Waals surface area contributed by atoms with Gasteiger partial charge in [0, 0.05) is 19.7 Å². The number of nitrogens with one attached hydrogen (secondary N) is 1. The Bertz CT molecular complexity index is 192. The molecule has 1 fully saturated rings. The number of hydrogen-bond donors (Lipinski definition) is 3. The van der Waals surface area contributed by atoms with Crippen LogP contribution in [0.15, 0.2) is 4.99 Å². The van der Waals surface area contributed by atoms with E-state index in [1.165, 1.54) is 12.8 Å². The molecule has 0 bridgehead atoms. The van der Waals surface area contributed by atoms with Crippen molar-refractivity contribution in [1.82, 2.24) is 5.32 Å². The van der Waals surface area contributed by atoms with E-state index >= 15 is 0 Å². The molecule has 1 rings (SSSR count). The van der Waals surface area contributed by atoms with Crippen LogP contribution in [0.25, 0.3) is 0 Å². The lowest BCUT2D eigenvalue weighted by atomic mass is 10.3. The van der Waals surface area contributed by atoms with E-state index in [0.717, 1.165) is 0 Å². The number of rotatable bonds is 6. The van der Waals surface area contributed by atoms with Crippen molar-refractivity contribution in [2.45, 2.75) is 31.4 Å². The average Bonchev–Trinajstić information content (AvgIpc) is 2.88. The van der Waals surface area contributed by atoms with Gasteiger partial charge in [-0.25, -0.2) is 0 Å². The molecule has 0 heterocycles. The lowest BCUT2D eigenvalue weighted by Gasteiger charge is -2.07. The van der Waals surface area contributed by atoms with Crippen molar-refractivity contribution in [2.75, 3.05) is 20.3 Å². The highest BCUT2D eigenvalue weighted by Gasteiger charge is 2.21. The summed E-state index contributed by atoms with van der Waals surface area (Å²) in [5, 5.41) is 12.4. The highest BCUT2D eigenvalue weighted by molar-refractivity contribution is 5.78. The summed E-state index contributed by atoms with van der Waals surface area (Å²) in [6, 6.07) is 0.530. The van der Waals surface area contributed by atoms with Crippen LogP contribution in [-0.2, 0) is 4.74 Å². The van der Waals surface area contributed by atoms with Gasteiger partial charge in [-0.1, -0.05) is 0 Å². The lowest BCUT2D eigenvalue weighted by Crippen LogP contribution is -2.33. The Morgan fingerprint density at radius 2 is 2.43 bits per heavy atom. The normalized spacial score (nSPS) is 19.4. The molecule has 0 aromatic carbocycles. The van der Waals surface area contributed by atoms with Gasteiger partial charge in [-0.15, -0.1) is 0 Å². The predicted octanol–water partition coefficient (Wildman–Crippen LogP) is -0.549. The second-order valence-electron chi connectivity index (χ2n) is 3.58. The quantitative estimate of drug-likeness (QED) is 0.398. The van der Waals surface area contributed by atoms with E-state index in [2.05, 4.69) is 10.3 Å². The van der Waals surface area contributed by atoms with Crippen molar-refractivity contribution in [3.8, 4) is 0 Å². The van der Waals surface area contributed by atoms with Crippen LogP contribution < -0.4 is 11.1 Å². The molecule has 14 heavy (non-hydrogen) atoms. The van der Waals surface area contributed by atoms with E-state index in [9.17, 15) is 5.11 Å². The van der Waals surface area contributed by atoms with Gasteiger partial charge in [0.1, 0.15) is 0 Å². The molecule has 0 radical (unpaired) electrons. The van der Waals surface area contributed by atoms with Crippen LogP contribution in [-0.4, -0.2) is 43.5 Å². The first kappa shape index (κ1) is 11.3. The highest BCUT2D eigenvalue weighted by Crippen LogP contribution is 2.17. The van der Waals surface area contributed by atoms with Gasteiger partial charge in [0.2, 0.25) is 0 Å². The molecular weight excluding hydrogens is 182 g/mol. The second-order valence-corrected chi connectivity index (χ2v) is 3.58. The van der Waals surface area contributed by atoms with Crippen LogP contribution >= 0.6 is 0 Å². The second kappa shape index (κ2) is 5.82. The van der Waals surface area contributed by atoms with Crippen molar-refractivity contribution in [3.05, 3.63) is 0 Å². The molecule has 1 saturated carbocycles. The van der Waals surface area contributed by atoms with Crippen molar-refractivity contribution >= 4 is 5.96 Å². The van der Waals surface area contributed by atoms with Crippen LogP contribution in [0.4, 0.5) is 0 Å². The summed E-state index contributed by atoms with van der Waals surface area (Å²) < 4.78 is 4.79. The topological polar surface area (TPSA) is 79.9 Å². The van der Waals surface area contributed by atoms with Crippen LogP contribution in [0.5, 0.6) is 0 Å². The number of methoxy groups -OCH3 is 1. The number of nitrogens with zero attached hydrogens (tertiary/aromatic N) is 1. The van der Waals surface area contributed by atoms with Crippen molar-refractivity contribution in [1.29, 1.82) is 0 Å². The monoisotopic (exact) mass is 201 g/mol. The Kier molecular flexibility index (Phi) is 4.69. The molecule has 1 aliphatic carbocycles. The van der Waals surface area contributed by atoms with Crippen molar-refractivity contribution < 1.29 is 9.84 Å². The third kappa shape index (κ3) is 5.04. The van der Waals surface area contributed by atoms with E-state index in [1.54, 1.807) is 7.11 Å². The summed E-state index contributed by atoms with van der Waals surface area (Å²) in [5.41, 5.74) is 5.60. The first-order valence-electron chi connectivity index (χ1n) is 4.96. The predicted molar refractivity (Wildman–Crippen MR) is 55.1 cm³/mol. The molecule has 1 unspecified atom stereocenters. The third-order valence-electron chi connectivity index (χ3n) is 2.03. The Morgan fingerprint density at radius 3 is 3.00 bits per heavy atom. The van der Waals surface area contributed by atoms with Crippen molar-refractivity contribution in [3.63, 3.8) is 0 Å². The average molecular weight is 201 g/mol. The molecule has 1 atom stereocenters. The van der Waals surface area contributed by atoms with E-state index in [0.29, 0.717) is 31.6 Å². The SMILES string of the molecule is COCC(O)CCN=C(N)NC1CC1. The number of aliphatic hydroxyl groups excluding tert-OH is 1. The van der Waals surface area contributed by atoms with E-state index < -0.39 is 6.10 Å². The fourth-order valence-electron chi connectivity index (χ4n) is 1.09. The number of ether oxygens (including phenoxy) is 1. The molecule has 0 aromatic heterocycles. The maximum atomic E-state index is 9.30. The largest absolute Gasteiger partial charge is 0.391 e. The first-order valence-corrected chi connectivity index (χ1v) is 4.96. The zero-order valence-corrected chi connectivity index (χ0v) is 8.57. The molecule has 0 saturated heterocycles. The Labute approximate surface area is 84.3 Å². The minimum atomic E-state index is -0.447. The van der Waals surface area contributed by atoms with Crippen LogP contribution in [0.2, 0.25) is 0 Å². The number of aliphatic imine (C=N–C) groups is 1. The Balaban J connectivity index is 2.04. The first-order chi connectivity index (χ1) is 6.72. The molecule has 0 aromatic rings. The van der Waals surface area contributed by atoms with Gasteiger partial charge in [-0.2, -0.15) is 0 Å². The molecule has 1 aliphatic rings. The van der Waals surface area contributed by atoms with Gasteiger partial charge in [0.05, 0.1) is 12.7 Å². The van der Waals surface area contributed by atoms with Gasteiger partial charge in [0.25, 0.3) is 0 Å². The molecule has 5 heteroatoms. The van der Waals surface area contributed by atoms with E-state index in [-0.39, 0.29) is 0 Å². The van der Waals surface area contributed by atoms with Gasteiger partial charge < -0.3 is 20.9 Å². The molecule has 0 spiro atoms. The van der Waals surface area contributed by atoms with Gasteiger partial charge in [-0.05, 0) is 19.3 Å². The third-order valence-corrected chi connectivity index (χ3v) is 2.03. The van der Waals surface area contributed by atoms with Crippen LogP contribution in [0, 0.1) is 0 Å². The zero-order valence-electron chi connectivity index (χ0n) is 8.57. The van der Waals surface area contributed by atoms with E-state index in [4.69, 9.17) is 10.5 Å². The number of nitrogens with two attached hydrogens (primary N) is 1. The standard InChI is InChI=1S/C9H19N3O2/c1-14-6-8(13)4-5-11-9(10)12-7-2-3-7/h7-8,13H,2-6H2,1H3,(H3,10,11,12). The summed E-state index contributed by atoms with van der Waals surface area (Å²) in [5.74, 6) is 0.483. The molecule has 0 amide bonds. The Hall–Kier alpha value is -0.810. The lowest BCUT2D eigenvalue weighted by molar-refractivity contribution is 0.0609. The number of guanidine groups is 1. The molecule has 0 aliphatic heterocycles. The summed E-state index contributed by atoms with van der Waals surface area (Å²) in [6.45, 7) is 0.890. The number of aliphatic hydroxyl groups is 1. The molecular formula is C9H19N3O2. The fourth-order valence-corrected chi connectivity index (χ4v) is 1.09. The van der Waals surface area contributed by atoms with E-state index in [1.807, 2.05) is 0 Å². The number of hydrogen-bond acceptors (Lipinski definition) is 3. The summed E-state index contributed by atoms with van der Waals surface area (Å²) in [6.07, 6.45) is 2.50. The fraction of sp³-hybridized carbons (Fsp3) is 0.889. The van der Waals surface area contributed by atoms with Gasteiger partial charge in [0.15, 0.2) is 5.96 Å².